The standard InChI is InChI=1S/C19H32FN5.HI/c1-4-25-12-5-6-18(25)14-23-19(21-2)22-11-13-24(3)15-16-7-9-17(20)10-8-16;/h7-10,18H,4-6,11-15H2,1-3H3,(H2,21,22,23);1H. The molecule has 0 amide bonds. The van der Waals surface area contributed by atoms with Crippen molar-refractivity contribution in [1.29, 1.82) is 0 Å². The Morgan fingerprint density at radius 2 is 2.04 bits per heavy atom. The molecule has 1 unspecified atom stereocenters. The Hall–Kier alpha value is -0.930. The fraction of sp³-hybridized carbons (Fsp3) is 0.632. The summed E-state index contributed by atoms with van der Waals surface area (Å²) in [5.74, 6) is 0.671. The number of halogens is 2. The van der Waals surface area contributed by atoms with Gasteiger partial charge in [0.15, 0.2) is 5.96 Å². The second kappa shape index (κ2) is 12.5. The number of hydrogen-bond donors (Lipinski definition) is 2. The van der Waals surface area contributed by atoms with Crippen LogP contribution in [0, 0.1) is 5.82 Å². The number of aliphatic imine (C=N–C) groups is 1. The van der Waals surface area contributed by atoms with Crippen LogP contribution in [0.4, 0.5) is 4.39 Å². The summed E-state index contributed by atoms with van der Waals surface area (Å²) >= 11 is 0. The van der Waals surface area contributed by atoms with Gasteiger partial charge in [-0.3, -0.25) is 9.89 Å². The maximum Gasteiger partial charge on any atom is 0.191 e. The van der Waals surface area contributed by atoms with Crippen molar-refractivity contribution < 1.29 is 4.39 Å². The van der Waals surface area contributed by atoms with Crippen molar-refractivity contribution in [1.82, 2.24) is 20.4 Å². The van der Waals surface area contributed by atoms with Crippen LogP contribution in [0.25, 0.3) is 0 Å². The number of likely N-dealkylation sites (N-methyl/N-ethyl adjacent to an activating group) is 2. The maximum atomic E-state index is 12.9. The zero-order valence-electron chi connectivity index (χ0n) is 16.2. The summed E-state index contributed by atoms with van der Waals surface area (Å²) in [5, 5.41) is 6.81. The number of rotatable bonds is 8. The summed E-state index contributed by atoms with van der Waals surface area (Å²) in [6, 6.07) is 7.30. The molecule has 1 aromatic carbocycles. The Labute approximate surface area is 174 Å². The first-order chi connectivity index (χ1) is 12.1. The highest BCUT2D eigenvalue weighted by atomic mass is 127. The first kappa shape index (κ1) is 23.1. The number of likely N-dealkylation sites (tertiary alicyclic amines) is 1. The minimum absolute atomic E-state index is 0. The third-order valence-electron chi connectivity index (χ3n) is 4.79. The fourth-order valence-corrected chi connectivity index (χ4v) is 3.32. The second-order valence-electron chi connectivity index (χ2n) is 6.67. The van der Waals surface area contributed by atoms with Gasteiger partial charge in [0.1, 0.15) is 5.82 Å². The summed E-state index contributed by atoms with van der Waals surface area (Å²) in [6.45, 7) is 8.01. The predicted octanol–water partition coefficient (Wildman–Crippen LogP) is 2.52. The molecule has 0 spiro atoms. The highest BCUT2D eigenvalue weighted by Crippen LogP contribution is 2.15. The lowest BCUT2D eigenvalue weighted by molar-refractivity contribution is 0.266. The van der Waals surface area contributed by atoms with E-state index in [4.69, 9.17) is 0 Å². The van der Waals surface area contributed by atoms with Crippen LogP contribution in [-0.4, -0.2) is 68.6 Å². The molecule has 0 aliphatic carbocycles. The van der Waals surface area contributed by atoms with Crippen LogP contribution in [0.3, 0.4) is 0 Å². The van der Waals surface area contributed by atoms with E-state index in [1.807, 2.05) is 19.2 Å². The number of hydrogen-bond acceptors (Lipinski definition) is 3. The van der Waals surface area contributed by atoms with Crippen LogP contribution >= 0.6 is 24.0 Å². The van der Waals surface area contributed by atoms with E-state index < -0.39 is 0 Å². The van der Waals surface area contributed by atoms with Gasteiger partial charge in [0.05, 0.1) is 0 Å². The second-order valence-corrected chi connectivity index (χ2v) is 6.67. The van der Waals surface area contributed by atoms with Gasteiger partial charge in [-0.15, -0.1) is 24.0 Å². The summed E-state index contributed by atoms with van der Waals surface area (Å²) in [5.41, 5.74) is 1.12. The van der Waals surface area contributed by atoms with Gasteiger partial charge in [-0.2, -0.15) is 0 Å². The first-order valence-corrected chi connectivity index (χ1v) is 9.24. The lowest BCUT2D eigenvalue weighted by atomic mass is 10.2. The topological polar surface area (TPSA) is 42.9 Å². The zero-order chi connectivity index (χ0) is 18.1. The van der Waals surface area contributed by atoms with Crippen LogP contribution < -0.4 is 10.6 Å². The molecule has 1 heterocycles. The minimum Gasteiger partial charge on any atom is -0.355 e. The highest BCUT2D eigenvalue weighted by molar-refractivity contribution is 14.0. The van der Waals surface area contributed by atoms with Gasteiger partial charge in [-0.05, 0) is 50.7 Å². The van der Waals surface area contributed by atoms with Crippen molar-refractivity contribution in [3.63, 3.8) is 0 Å². The first-order valence-electron chi connectivity index (χ1n) is 9.24. The fourth-order valence-electron chi connectivity index (χ4n) is 3.32. The molecular weight excluding hydrogens is 444 g/mol. The third kappa shape index (κ3) is 7.75. The van der Waals surface area contributed by atoms with Crippen molar-refractivity contribution >= 4 is 29.9 Å². The van der Waals surface area contributed by atoms with E-state index in [-0.39, 0.29) is 29.8 Å². The van der Waals surface area contributed by atoms with Crippen LogP contribution in [-0.2, 0) is 6.54 Å². The number of nitrogens with zero attached hydrogens (tertiary/aromatic N) is 3. The Morgan fingerprint density at radius 1 is 1.31 bits per heavy atom. The van der Waals surface area contributed by atoms with Crippen LogP contribution in [0.1, 0.15) is 25.3 Å². The number of benzene rings is 1. The van der Waals surface area contributed by atoms with E-state index in [0.717, 1.165) is 44.2 Å². The molecule has 2 rings (SSSR count). The average molecular weight is 477 g/mol. The van der Waals surface area contributed by atoms with Gasteiger partial charge in [0.25, 0.3) is 0 Å². The summed E-state index contributed by atoms with van der Waals surface area (Å²) in [4.78, 5) is 9.04. The largest absolute Gasteiger partial charge is 0.355 e. The quantitative estimate of drug-likeness (QED) is 0.343. The van der Waals surface area contributed by atoms with Crippen LogP contribution in [0.5, 0.6) is 0 Å². The van der Waals surface area contributed by atoms with Crippen molar-refractivity contribution in [3.8, 4) is 0 Å². The van der Waals surface area contributed by atoms with E-state index in [1.54, 1.807) is 0 Å². The molecule has 0 radical (unpaired) electrons. The number of guanidine groups is 1. The van der Waals surface area contributed by atoms with E-state index in [9.17, 15) is 4.39 Å². The van der Waals surface area contributed by atoms with Gasteiger partial charge < -0.3 is 15.5 Å². The normalized spacial score (nSPS) is 18.0. The Balaban J connectivity index is 0.00000338. The minimum atomic E-state index is -0.188. The summed E-state index contributed by atoms with van der Waals surface area (Å²) in [7, 11) is 3.88. The Bertz CT molecular complexity index is 537. The van der Waals surface area contributed by atoms with E-state index in [1.165, 1.54) is 31.5 Å². The van der Waals surface area contributed by atoms with Crippen molar-refractivity contribution in [2.75, 3.05) is 46.8 Å². The van der Waals surface area contributed by atoms with Gasteiger partial charge in [-0.1, -0.05) is 19.1 Å². The van der Waals surface area contributed by atoms with Crippen molar-refractivity contribution in [2.45, 2.75) is 32.4 Å². The van der Waals surface area contributed by atoms with E-state index in [2.05, 4.69) is 39.4 Å². The lowest BCUT2D eigenvalue weighted by Gasteiger charge is -2.24. The summed E-state index contributed by atoms with van der Waals surface area (Å²) < 4.78 is 12.9. The molecular formula is C19H33FIN5. The third-order valence-corrected chi connectivity index (χ3v) is 4.79. The zero-order valence-corrected chi connectivity index (χ0v) is 18.5. The molecule has 0 aromatic heterocycles. The molecule has 26 heavy (non-hydrogen) atoms. The van der Waals surface area contributed by atoms with Gasteiger partial charge in [0.2, 0.25) is 0 Å². The smallest absolute Gasteiger partial charge is 0.191 e. The van der Waals surface area contributed by atoms with Gasteiger partial charge >= 0.3 is 0 Å². The summed E-state index contributed by atoms with van der Waals surface area (Å²) in [6.07, 6.45) is 2.55. The van der Waals surface area contributed by atoms with Crippen LogP contribution in [0.15, 0.2) is 29.3 Å². The van der Waals surface area contributed by atoms with Gasteiger partial charge in [-0.25, -0.2) is 4.39 Å². The molecule has 1 aliphatic heterocycles. The van der Waals surface area contributed by atoms with Gasteiger partial charge in [0, 0.05) is 39.3 Å². The van der Waals surface area contributed by atoms with E-state index >= 15 is 0 Å². The maximum absolute atomic E-state index is 12.9. The molecule has 1 saturated heterocycles. The number of nitrogens with one attached hydrogen (secondary N) is 2. The predicted molar refractivity (Wildman–Crippen MR) is 118 cm³/mol. The molecule has 0 bridgehead atoms. The monoisotopic (exact) mass is 477 g/mol. The molecule has 1 aliphatic rings. The lowest BCUT2D eigenvalue weighted by Crippen LogP contribution is -2.46. The molecule has 1 aromatic rings. The molecule has 0 saturated carbocycles. The molecule has 7 heteroatoms. The highest BCUT2D eigenvalue weighted by Gasteiger charge is 2.22. The van der Waals surface area contributed by atoms with Crippen molar-refractivity contribution in [3.05, 3.63) is 35.6 Å². The molecule has 2 N–H and O–H groups in total. The Kier molecular flexibility index (Phi) is 11.1. The molecule has 5 nitrogen and oxygen atoms in total. The average Bonchev–Trinajstić information content (AvgIpc) is 3.07. The van der Waals surface area contributed by atoms with Crippen LogP contribution in [0.2, 0.25) is 0 Å². The Morgan fingerprint density at radius 3 is 2.69 bits per heavy atom. The van der Waals surface area contributed by atoms with Crippen molar-refractivity contribution in [2.24, 2.45) is 4.99 Å². The SMILES string of the molecule is CCN1CCCC1CNC(=NC)NCCN(C)Cc1ccc(F)cc1.I. The molecule has 1 fully saturated rings. The molecule has 148 valence electrons. The van der Waals surface area contributed by atoms with E-state index in [0.29, 0.717) is 6.04 Å². The molecule has 1 atom stereocenters.